The van der Waals surface area contributed by atoms with E-state index in [1.807, 2.05) is 19.1 Å². The van der Waals surface area contributed by atoms with E-state index in [1.54, 1.807) is 18.2 Å². The van der Waals surface area contributed by atoms with Crippen molar-refractivity contribution in [3.8, 4) is 0 Å². The van der Waals surface area contributed by atoms with Gasteiger partial charge in [-0.05, 0) is 50.1 Å². The largest absolute Gasteiger partial charge is 0.465 e. The van der Waals surface area contributed by atoms with Crippen LogP contribution in [0.4, 0.5) is 4.39 Å². The molecule has 108 valence electrons. The Morgan fingerprint density at radius 1 is 1.30 bits per heavy atom. The number of aryl methyl sites for hydroxylation is 1. The first-order chi connectivity index (χ1) is 9.61. The molecule has 0 aliphatic rings. The molecular weight excluding hydrogens is 277 g/mol. The molecule has 1 unspecified atom stereocenters. The third-order valence-corrected chi connectivity index (χ3v) is 3.49. The Bertz CT molecular complexity index is 567. The van der Waals surface area contributed by atoms with Crippen LogP contribution >= 0.6 is 11.6 Å². The van der Waals surface area contributed by atoms with Gasteiger partial charge < -0.3 is 9.73 Å². The van der Waals surface area contributed by atoms with Crippen molar-refractivity contribution in [1.29, 1.82) is 0 Å². The molecule has 0 bridgehead atoms. The second-order valence-electron chi connectivity index (χ2n) is 4.87. The minimum absolute atomic E-state index is 0.0448. The molecular formula is C16H19ClFNO. The average Bonchev–Trinajstić information content (AvgIpc) is 2.86. The van der Waals surface area contributed by atoms with Gasteiger partial charge in [-0.2, -0.15) is 0 Å². The maximum Gasteiger partial charge on any atom is 0.145 e. The van der Waals surface area contributed by atoms with E-state index in [4.69, 9.17) is 16.0 Å². The standard InChI is InChI=1S/C16H19ClFNO/c1-3-9-19-14(15-8-7-11(2)20-15)10-12-5-4-6-13(17)16(12)18/h4-8,14,19H,3,9-10H2,1-2H3. The van der Waals surface area contributed by atoms with Crippen molar-refractivity contribution in [1.82, 2.24) is 5.32 Å². The molecule has 1 heterocycles. The van der Waals surface area contributed by atoms with E-state index in [0.717, 1.165) is 24.5 Å². The van der Waals surface area contributed by atoms with Gasteiger partial charge in [-0.1, -0.05) is 30.7 Å². The van der Waals surface area contributed by atoms with E-state index in [0.29, 0.717) is 12.0 Å². The number of hydrogen-bond donors (Lipinski definition) is 1. The highest BCUT2D eigenvalue weighted by molar-refractivity contribution is 6.30. The zero-order valence-corrected chi connectivity index (χ0v) is 12.5. The number of furan rings is 1. The summed E-state index contributed by atoms with van der Waals surface area (Å²) >= 11 is 5.83. The molecule has 1 aromatic carbocycles. The molecule has 0 radical (unpaired) electrons. The van der Waals surface area contributed by atoms with Crippen LogP contribution in [0.3, 0.4) is 0 Å². The summed E-state index contributed by atoms with van der Waals surface area (Å²) in [5.41, 5.74) is 0.597. The lowest BCUT2D eigenvalue weighted by Gasteiger charge is -2.17. The van der Waals surface area contributed by atoms with Gasteiger partial charge in [0.15, 0.2) is 0 Å². The summed E-state index contributed by atoms with van der Waals surface area (Å²) in [6.45, 7) is 4.85. The van der Waals surface area contributed by atoms with Crippen LogP contribution in [-0.2, 0) is 6.42 Å². The molecule has 2 aromatic rings. The van der Waals surface area contributed by atoms with Crippen LogP contribution in [0.5, 0.6) is 0 Å². The van der Waals surface area contributed by atoms with E-state index in [-0.39, 0.29) is 16.9 Å². The molecule has 2 rings (SSSR count). The first-order valence-corrected chi connectivity index (χ1v) is 7.22. The summed E-state index contributed by atoms with van der Waals surface area (Å²) in [6.07, 6.45) is 1.52. The van der Waals surface area contributed by atoms with Crippen molar-refractivity contribution in [3.63, 3.8) is 0 Å². The Hall–Kier alpha value is -1.32. The Morgan fingerprint density at radius 3 is 2.75 bits per heavy atom. The number of hydrogen-bond acceptors (Lipinski definition) is 2. The van der Waals surface area contributed by atoms with E-state index in [1.165, 1.54) is 0 Å². The first kappa shape index (κ1) is 15.1. The predicted octanol–water partition coefficient (Wildman–Crippen LogP) is 4.66. The van der Waals surface area contributed by atoms with Gasteiger partial charge in [-0.3, -0.25) is 0 Å². The summed E-state index contributed by atoms with van der Waals surface area (Å²) in [7, 11) is 0. The van der Waals surface area contributed by atoms with Gasteiger partial charge in [0.25, 0.3) is 0 Å². The number of benzene rings is 1. The molecule has 0 aliphatic carbocycles. The van der Waals surface area contributed by atoms with Gasteiger partial charge in [0.05, 0.1) is 11.1 Å². The van der Waals surface area contributed by atoms with Crippen LogP contribution in [0.25, 0.3) is 0 Å². The van der Waals surface area contributed by atoms with Crippen LogP contribution in [0.15, 0.2) is 34.7 Å². The molecule has 1 N–H and O–H groups in total. The fourth-order valence-electron chi connectivity index (χ4n) is 2.16. The quantitative estimate of drug-likeness (QED) is 0.838. The van der Waals surface area contributed by atoms with E-state index < -0.39 is 0 Å². The van der Waals surface area contributed by atoms with E-state index in [2.05, 4.69) is 12.2 Å². The third-order valence-electron chi connectivity index (χ3n) is 3.20. The summed E-state index contributed by atoms with van der Waals surface area (Å²) in [6, 6.07) is 8.90. The van der Waals surface area contributed by atoms with Gasteiger partial charge in [-0.15, -0.1) is 0 Å². The van der Waals surface area contributed by atoms with Gasteiger partial charge in [0.2, 0.25) is 0 Å². The Morgan fingerprint density at radius 2 is 2.10 bits per heavy atom. The Kier molecular flexibility index (Phi) is 5.21. The minimum atomic E-state index is -0.347. The van der Waals surface area contributed by atoms with Crippen LogP contribution < -0.4 is 5.32 Å². The number of rotatable bonds is 6. The number of nitrogens with one attached hydrogen (secondary N) is 1. The van der Waals surface area contributed by atoms with Gasteiger partial charge in [0, 0.05) is 0 Å². The van der Waals surface area contributed by atoms with Crippen molar-refractivity contribution in [2.24, 2.45) is 0 Å². The molecule has 0 amide bonds. The van der Waals surface area contributed by atoms with Crippen molar-refractivity contribution < 1.29 is 8.81 Å². The molecule has 0 spiro atoms. The first-order valence-electron chi connectivity index (χ1n) is 6.84. The summed E-state index contributed by atoms with van der Waals surface area (Å²) in [5.74, 6) is 1.34. The normalized spacial score (nSPS) is 12.6. The van der Waals surface area contributed by atoms with Crippen LogP contribution in [0.2, 0.25) is 5.02 Å². The van der Waals surface area contributed by atoms with Gasteiger partial charge in [-0.25, -0.2) is 4.39 Å². The Labute approximate surface area is 123 Å². The maximum absolute atomic E-state index is 14.0. The average molecular weight is 296 g/mol. The zero-order valence-electron chi connectivity index (χ0n) is 11.7. The maximum atomic E-state index is 14.0. The second-order valence-corrected chi connectivity index (χ2v) is 5.28. The summed E-state index contributed by atoms with van der Waals surface area (Å²) in [4.78, 5) is 0. The molecule has 1 atom stereocenters. The highest BCUT2D eigenvalue weighted by Crippen LogP contribution is 2.25. The van der Waals surface area contributed by atoms with Crippen LogP contribution in [-0.4, -0.2) is 6.54 Å². The molecule has 0 aliphatic heterocycles. The molecule has 0 fully saturated rings. The lowest BCUT2D eigenvalue weighted by Crippen LogP contribution is -2.24. The molecule has 1 aromatic heterocycles. The highest BCUT2D eigenvalue weighted by Gasteiger charge is 2.18. The van der Waals surface area contributed by atoms with Crippen molar-refractivity contribution in [2.45, 2.75) is 32.7 Å². The van der Waals surface area contributed by atoms with E-state index >= 15 is 0 Å². The minimum Gasteiger partial charge on any atom is -0.465 e. The second kappa shape index (κ2) is 6.91. The smallest absolute Gasteiger partial charge is 0.145 e. The van der Waals surface area contributed by atoms with Crippen molar-refractivity contribution >= 4 is 11.6 Å². The fraction of sp³-hybridized carbons (Fsp3) is 0.375. The summed E-state index contributed by atoms with van der Waals surface area (Å²) in [5, 5.41) is 3.55. The molecule has 4 heteroatoms. The molecule has 0 saturated carbocycles. The van der Waals surface area contributed by atoms with Crippen molar-refractivity contribution in [2.75, 3.05) is 6.54 Å². The van der Waals surface area contributed by atoms with Crippen molar-refractivity contribution in [3.05, 3.63) is 58.3 Å². The monoisotopic (exact) mass is 295 g/mol. The van der Waals surface area contributed by atoms with Crippen LogP contribution in [0.1, 0.15) is 36.5 Å². The van der Waals surface area contributed by atoms with Gasteiger partial charge in [0.1, 0.15) is 17.3 Å². The lowest BCUT2D eigenvalue weighted by atomic mass is 10.0. The zero-order chi connectivity index (χ0) is 14.5. The lowest BCUT2D eigenvalue weighted by molar-refractivity contribution is 0.395. The van der Waals surface area contributed by atoms with Gasteiger partial charge >= 0.3 is 0 Å². The van der Waals surface area contributed by atoms with Crippen LogP contribution in [0, 0.1) is 12.7 Å². The molecule has 0 saturated heterocycles. The number of halogens is 2. The summed E-state index contributed by atoms with van der Waals surface area (Å²) < 4.78 is 19.7. The highest BCUT2D eigenvalue weighted by atomic mass is 35.5. The molecule has 20 heavy (non-hydrogen) atoms. The topological polar surface area (TPSA) is 25.2 Å². The fourth-order valence-corrected chi connectivity index (χ4v) is 2.35. The third kappa shape index (κ3) is 3.62. The predicted molar refractivity (Wildman–Crippen MR) is 79.6 cm³/mol. The molecule has 2 nitrogen and oxygen atoms in total. The SMILES string of the molecule is CCCNC(Cc1cccc(Cl)c1F)c1ccc(C)o1. The van der Waals surface area contributed by atoms with E-state index in [9.17, 15) is 4.39 Å². The Balaban J connectivity index is 2.21.